The van der Waals surface area contributed by atoms with Gasteiger partial charge in [0.05, 0.1) is 30.6 Å². The predicted octanol–water partition coefficient (Wildman–Crippen LogP) is 3.23. The van der Waals surface area contributed by atoms with E-state index in [0.717, 1.165) is 57.9 Å². The number of halogens is 1. The first-order valence-electron chi connectivity index (χ1n) is 7.90. The summed E-state index contributed by atoms with van der Waals surface area (Å²) in [6, 6.07) is 7.76. The molecule has 2 heterocycles. The number of piperidine rings is 1. The van der Waals surface area contributed by atoms with Gasteiger partial charge in [-0.2, -0.15) is 5.26 Å². The molecule has 0 radical (unpaired) electrons. The number of anilines is 1. The topological polar surface area (TPSA) is 45.5 Å². The molecule has 4 nitrogen and oxygen atoms in total. The molecule has 0 amide bonds. The maximum Gasteiger partial charge on any atom is 0.101 e. The van der Waals surface area contributed by atoms with Crippen LogP contribution in [-0.4, -0.2) is 39.0 Å². The Balaban J connectivity index is 1.52. The van der Waals surface area contributed by atoms with Gasteiger partial charge in [0.25, 0.3) is 0 Å². The lowest BCUT2D eigenvalue weighted by molar-refractivity contribution is 0.0131. The highest BCUT2D eigenvalue weighted by Crippen LogP contribution is 2.27. The molecule has 0 aliphatic carbocycles. The van der Waals surface area contributed by atoms with Crippen LogP contribution in [-0.2, 0) is 9.47 Å². The number of benzene rings is 1. The highest BCUT2D eigenvalue weighted by Gasteiger charge is 2.23. The maximum atomic E-state index is 9.26. The molecule has 1 aromatic rings. The summed E-state index contributed by atoms with van der Waals surface area (Å²) < 4.78 is 11.4. The second-order valence-electron chi connectivity index (χ2n) is 6.02. The lowest BCUT2D eigenvalue weighted by atomic mass is 10.0. The van der Waals surface area contributed by atoms with E-state index < -0.39 is 0 Å². The molecule has 2 aliphatic heterocycles. The van der Waals surface area contributed by atoms with Crippen molar-refractivity contribution in [1.82, 2.24) is 0 Å². The molecule has 0 spiro atoms. The van der Waals surface area contributed by atoms with Crippen LogP contribution in [0.2, 0.25) is 5.02 Å². The van der Waals surface area contributed by atoms with Gasteiger partial charge in [0.15, 0.2) is 0 Å². The Labute approximate surface area is 136 Å². The second kappa shape index (κ2) is 7.32. The van der Waals surface area contributed by atoms with E-state index in [1.165, 1.54) is 0 Å². The summed E-state index contributed by atoms with van der Waals surface area (Å²) in [6.07, 6.45) is 3.45. The number of hydrogen-bond donors (Lipinski definition) is 0. The van der Waals surface area contributed by atoms with Crippen molar-refractivity contribution in [2.45, 2.75) is 25.4 Å². The molecule has 1 unspecified atom stereocenters. The fourth-order valence-electron chi connectivity index (χ4n) is 3.12. The van der Waals surface area contributed by atoms with Crippen molar-refractivity contribution in [3.63, 3.8) is 0 Å². The molecule has 0 N–H and O–H groups in total. The number of rotatable bonds is 4. The van der Waals surface area contributed by atoms with Crippen LogP contribution in [0, 0.1) is 17.2 Å². The fourth-order valence-corrected chi connectivity index (χ4v) is 3.30. The minimum absolute atomic E-state index is 0.328. The number of hydrogen-bond acceptors (Lipinski definition) is 4. The third-order valence-corrected chi connectivity index (χ3v) is 4.69. The molecular formula is C17H21ClN2O2. The molecule has 118 valence electrons. The lowest BCUT2D eigenvalue weighted by Gasteiger charge is -2.34. The fraction of sp³-hybridized carbons (Fsp3) is 0.588. The Hall–Kier alpha value is -1.28. The van der Waals surface area contributed by atoms with Crippen LogP contribution >= 0.6 is 11.6 Å². The highest BCUT2D eigenvalue weighted by molar-refractivity contribution is 6.30. The molecule has 3 rings (SSSR count). The molecule has 0 aromatic heterocycles. The van der Waals surface area contributed by atoms with Crippen LogP contribution in [0.3, 0.4) is 0 Å². The first-order valence-corrected chi connectivity index (χ1v) is 8.28. The summed E-state index contributed by atoms with van der Waals surface area (Å²) in [5.41, 5.74) is 1.63. The molecule has 0 bridgehead atoms. The Kier molecular flexibility index (Phi) is 5.20. The summed E-state index contributed by atoms with van der Waals surface area (Å²) in [6.45, 7) is 4.37. The summed E-state index contributed by atoms with van der Waals surface area (Å²) >= 11 is 5.96. The van der Waals surface area contributed by atoms with Crippen LogP contribution in [0.15, 0.2) is 18.2 Å². The summed E-state index contributed by atoms with van der Waals surface area (Å²) in [5, 5.41) is 9.87. The van der Waals surface area contributed by atoms with E-state index in [1.807, 2.05) is 12.1 Å². The quantitative estimate of drug-likeness (QED) is 0.854. The van der Waals surface area contributed by atoms with Crippen molar-refractivity contribution in [3.05, 3.63) is 28.8 Å². The predicted molar refractivity (Wildman–Crippen MR) is 86.3 cm³/mol. The van der Waals surface area contributed by atoms with Crippen LogP contribution in [0.1, 0.15) is 24.8 Å². The molecule has 2 saturated heterocycles. The normalized spacial score (nSPS) is 22.7. The molecule has 1 aromatic carbocycles. The van der Waals surface area contributed by atoms with Gasteiger partial charge in [-0.3, -0.25) is 0 Å². The molecule has 0 saturated carbocycles. The van der Waals surface area contributed by atoms with E-state index in [-0.39, 0.29) is 0 Å². The number of ether oxygens (including phenoxy) is 2. The Morgan fingerprint density at radius 1 is 1.32 bits per heavy atom. The average molecular weight is 321 g/mol. The van der Waals surface area contributed by atoms with Gasteiger partial charge >= 0.3 is 0 Å². The van der Waals surface area contributed by atoms with Crippen molar-refractivity contribution < 1.29 is 9.47 Å². The van der Waals surface area contributed by atoms with E-state index in [9.17, 15) is 5.26 Å². The summed E-state index contributed by atoms with van der Waals surface area (Å²) in [7, 11) is 0. The van der Waals surface area contributed by atoms with E-state index in [2.05, 4.69) is 11.0 Å². The van der Waals surface area contributed by atoms with Crippen molar-refractivity contribution in [3.8, 4) is 6.07 Å². The van der Waals surface area contributed by atoms with E-state index >= 15 is 0 Å². The summed E-state index contributed by atoms with van der Waals surface area (Å²) in [4.78, 5) is 2.26. The van der Waals surface area contributed by atoms with Gasteiger partial charge < -0.3 is 14.4 Å². The largest absolute Gasteiger partial charge is 0.381 e. The van der Waals surface area contributed by atoms with E-state index in [4.69, 9.17) is 21.1 Å². The SMILES string of the molecule is N#Cc1cc(Cl)ccc1N1CCC(OCC2CCOC2)CC1. The summed E-state index contributed by atoms with van der Waals surface area (Å²) in [5.74, 6) is 0.569. The van der Waals surface area contributed by atoms with Gasteiger partial charge in [-0.15, -0.1) is 0 Å². The zero-order chi connectivity index (χ0) is 15.4. The molecule has 5 heteroatoms. The van der Waals surface area contributed by atoms with Gasteiger partial charge in [-0.1, -0.05) is 11.6 Å². The van der Waals surface area contributed by atoms with E-state index in [0.29, 0.717) is 22.6 Å². The zero-order valence-corrected chi connectivity index (χ0v) is 13.4. The van der Waals surface area contributed by atoms with Crippen LogP contribution in [0.4, 0.5) is 5.69 Å². The minimum Gasteiger partial charge on any atom is -0.381 e. The number of nitrogens with zero attached hydrogens (tertiary/aromatic N) is 2. The second-order valence-corrected chi connectivity index (χ2v) is 6.46. The highest BCUT2D eigenvalue weighted by atomic mass is 35.5. The van der Waals surface area contributed by atoms with Crippen molar-refractivity contribution >= 4 is 17.3 Å². The number of nitriles is 1. The van der Waals surface area contributed by atoms with Gasteiger partial charge in [-0.25, -0.2) is 0 Å². The van der Waals surface area contributed by atoms with Gasteiger partial charge in [0, 0.05) is 30.6 Å². The van der Waals surface area contributed by atoms with Crippen LogP contribution < -0.4 is 4.90 Å². The molecule has 1 atom stereocenters. The smallest absolute Gasteiger partial charge is 0.101 e. The molecule has 22 heavy (non-hydrogen) atoms. The Morgan fingerprint density at radius 3 is 2.82 bits per heavy atom. The van der Waals surface area contributed by atoms with Gasteiger partial charge in [0.2, 0.25) is 0 Å². The van der Waals surface area contributed by atoms with Crippen molar-refractivity contribution in [2.75, 3.05) is 37.8 Å². The first-order chi connectivity index (χ1) is 10.8. The van der Waals surface area contributed by atoms with Crippen molar-refractivity contribution in [2.24, 2.45) is 5.92 Å². The van der Waals surface area contributed by atoms with Gasteiger partial charge in [0.1, 0.15) is 6.07 Å². The lowest BCUT2D eigenvalue weighted by Crippen LogP contribution is -2.38. The Bertz CT molecular complexity index is 544. The minimum atomic E-state index is 0.328. The molecule has 2 aliphatic rings. The molecule has 2 fully saturated rings. The first kappa shape index (κ1) is 15.6. The maximum absolute atomic E-state index is 9.26. The molecular weight excluding hydrogens is 300 g/mol. The van der Waals surface area contributed by atoms with Crippen molar-refractivity contribution in [1.29, 1.82) is 5.26 Å². The standard InChI is InChI=1S/C17H21ClN2O2/c18-15-1-2-17(14(9-15)10-19)20-6-3-16(4-7-20)22-12-13-5-8-21-11-13/h1-2,9,13,16H,3-8,11-12H2. The monoisotopic (exact) mass is 320 g/mol. The van der Waals surface area contributed by atoms with E-state index in [1.54, 1.807) is 6.07 Å². The zero-order valence-electron chi connectivity index (χ0n) is 12.6. The van der Waals surface area contributed by atoms with Crippen LogP contribution in [0.5, 0.6) is 0 Å². The average Bonchev–Trinajstić information content (AvgIpc) is 3.07. The Morgan fingerprint density at radius 2 is 2.14 bits per heavy atom. The third kappa shape index (κ3) is 3.73. The van der Waals surface area contributed by atoms with Gasteiger partial charge in [-0.05, 0) is 37.5 Å². The third-order valence-electron chi connectivity index (χ3n) is 4.45. The van der Waals surface area contributed by atoms with Crippen LogP contribution in [0.25, 0.3) is 0 Å².